The Morgan fingerprint density at radius 2 is 1.79 bits per heavy atom. The molecule has 6 rings (SSSR count). The van der Waals surface area contributed by atoms with Gasteiger partial charge in [-0.3, -0.25) is 19.9 Å². The van der Waals surface area contributed by atoms with Gasteiger partial charge in [0.2, 0.25) is 5.91 Å². The number of amides is 1. The van der Waals surface area contributed by atoms with Crippen molar-refractivity contribution in [3.05, 3.63) is 65.5 Å². The first-order chi connectivity index (χ1) is 18.5. The van der Waals surface area contributed by atoms with Gasteiger partial charge in [-0.05, 0) is 74.0 Å². The lowest BCUT2D eigenvalue weighted by molar-refractivity contribution is 0.0523. The van der Waals surface area contributed by atoms with Crippen LogP contribution in [0.3, 0.4) is 0 Å². The SMILES string of the molecule is CCOC(=O)c1ccc2cc(-c3n[nH]c4ccc(-c5nc(CN6CCCC6)n[nH]5)cc34)ccc2c1C(N)=O. The number of ether oxygens (including phenoxy) is 1. The van der Waals surface area contributed by atoms with Crippen molar-refractivity contribution in [1.29, 1.82) is 0 Å². The molecule has 10 heteroatoms. The lowest BCUT2D eigenvalue weighted by Crippen LogP contribution is -2.19. The van der Waals surface area contributed by atoms with E-state index in [0.717, 1.165) is 58.6 Å². The number of H-pyrrole nitrogens is 2. The number of fused-ring (bicyclic) bond motifs is 2. The highest BCUT2D eigenvalue weighted by molar-refractivity contribution is 6.14. The Kier molecular flexibility index (Phi) is 6.09. The van der Waals surface area contributed by atoms with Crippen LogP contribution in [0.1, 0.15) is 46.3 Å². The van der Waals surface area contributed by atoms with Gasteiger partial charge >= 0.3 is 5.97 Å². The highest BCUT2D eigenvalue weighted by Crippen LogP contribution is 2.33. The van der Waals surface area contributed by atoms with Crippen LogP contribution in [0.5, 0.6) is 0 Å². The molecule has 10 nitrogen and oxygen atoms in total. The molecule has 38 heavy (non-hydrogen) atoms. The van der Waals surface area contributed by atoms with Crippen molar-refractivity contribution in [2.75, 3.05) is 19.7 Å². The Morgan fingerprint density at radius 1 is 0.974 bits per heavy atom. The largest absolute Gasteiger partial charge is 0.462 e. The molecule has 0 saturated carbocycles. The van der Waals surface area contributed by atoms with Gasteiger partial charge in [-0.1, -0.05) is 18.2 Å². The maximum Gasteiger partial charge on any atom is 0.338 e. The van der Waals surface area contributed by atoms with Crippen molar-refractivity contribution >= 4 is 33.6 Å². The molecule has 1 fully saturated rings. The Morgan fingerprint density at radius 3 is 2.58 bits per heavy atom. The summed E-state index contributed by atoms with van der Waals surface area (Å²) in [4.78, 5) is 31.8. The number of likely N-dealkylation sites (tertiary alicyclic amines) is 1. The maximum atomic E-state index is 12.4. The van der Waals surface area contributed by atoms with Gasteiger partial charge < -0.3 is 10.5 Å². The molecule has 1 aliphatic heterocycles. The molecule has 3 heterocycles. The molecule has 1 amide bonds. The van der Waals surface area contributed by atoms with Gasteiger partial charge in [0.15, 0.2) is 11.6 Å². The van der Waals surface area contributed by atoms with E-state index in [-0.39, 0.29) is 17.7 Å². The van der Waals surface area contributed by atoms with Gasteiger partial charge in [0.05, 0.1) is 35.5 Å². The van der Waals surface area contributed by atoms with E-state index < -0.39 is 11.9 Å². The van der Waals surface area contributed by atoms with E-state index in [1.165, 1.54) is 12.8 Å². The van der Waals surface area contributed by atoms with Crippen LogP contribution in [-0.4, -0.2) is 61.9 Å². The third-order valence-corrected chi connectivity index (χ3v) is 6.97. The minimum absolute atomic E-state index is 0.150. The third-order valence-electron chi connectivity index (χ3n) is 6.97. The summed E-state index contributed by atoms with van der Waals surface area (Å²) in [5.41, 5.74) is 9.38. The van der Waals surface area contributed by atoms with E-state index in [2.05, 4.69) is 25.3 Å². The number of rotatable bonds is 7. The summed E-state index contributed by atoms with van der Waals surface area (Å²) in [6.45, 7) is 4.84. The average Bonchev–Trinajstić information content (AvgIpc) is 3.69. The lowest BCUT2D eigenvalue weighted by Gasteiger charge is -2.11. The maximum absolute atomic E-state index is 12.4. The summed E-state index contributed by atoms with van der Waals surface area (Å²) in [6.07, 6.45) is 2.45. The van der Waals surface area contributed by atoms with Gasteiger partial charge in [0.1, 0.15) is 0 Å². The smallest absolute Gasteiger partial charge is 0.338 e. The van der Waals surface area contributed by atoms with Crippen LogP contribution in [0.2, 0.25) is 0 Å². The molecular weight excluding hydrogens is 482 g/mol. The van der Waals surface area contributed by atoms with Crippen LogP contribution in [0.15, 0.2) is 48.5 Å². The highest BCUT2D eigenvalue weighted by atomic mass is 16.5. The van der Waals surface area contributed by atoms with Gasteiger partial charge in [0.25, 0.3) is 0 Å². The van der Waals surface area contributed by atoms with E-state index in [1.54, 1.807) is 25.1 Å². The van der Waals surface area contributed by atoms with E-state index in [4.69, 9.17) is 15.5 Å². The molecule has 0 unspecified atom stereocenters. The van der Waals surface area contributed by atoms with E-state index >= 15 is 0 Å². The van der Waals surface area contributed by atoms with Gasteiger partial charge in [-0.2, -0.15) is 10.2 Å². The second-order valence-electron chi connectivity index (χ2n) is 9.42. The minimum Gasteiger partial charge on any atom is -0.462 e. The number of nitrogens with two attached hydrogens (primary N) is 1. The number of nitrogens with zero attached hydrogens (tertiary/aromatic N) is 4. The first-order valence-corrected chi connectivity index (χ1v) is 12.7. The molecule has 0 atom stereocenters. The molecule has 2 aromatic heterocycles. The molecule has 4 N–H and O–H groups in total. The molecule has 1 saturated heterocycles. The zero-order valence-corrected chi connectivity index (χ0v) is 21.0. The van der Waals surface area contributed by atoms with Crippen LogP contribution >= 0.6 is 0 Å². The summed E-state index contributed by atoms with van der Waals surface area (Å²) in [5, 5.41) is 17.4. The topological polar surface area (TPSA) is 143 Å². The van der Waals surface area contributed by atoms with Crippen LogP contribution < -0.4 is 5.73 Å². The second-order valence-corrected chi connectivity index (χ2v) is 9.42. The lowest BCUT2D eigenvalue weighted by atomic mass is 9.95. The fraction of sp³-hybridized carbons (Fsp3) is 0.250. The van der Waals surface area contributed by atoms with Crippen molar-refractivity contribution < 1.29 is 14.3 Å². The Hall–Kier alpha value is -4.57. The first kappa shape index (κ1) is 23.8. The van der Waals surface area contributed by atoms with E-state index in [9.17, 15) is 9.59 Å². The van der Waals surface area contributed by atoms with Crippen LogP contribution in [0, 0.1) is 0 Å². The summed E-state index contributed by atoms with van der Waals surface area (Å²) < 4.78 is 5.11. The number of carbonyl (C=O) groups is 2. The fourth-order valence-corrected chi connectivity index (χ4v) is 5.14. The molecule has 1 aliphatic rings. The van der Waals surface area contributed by atoms with E-state index in [1.807, 2.05) is 30.3 Å². The summed E-state index contributed by atoms with van der Waals surface area (Å²) >= 11 is 0. The van der Waals surface area contributed by atoms with Crippen molar-refractivity contribution in [3.8, 4) is 22.6 Å². The summed E-state index contributed by atoms with van der Waals surface area (Å²) in [6, 6.07) is 15.0. The molecule has 0 aliphatic carbocycles. The Labute approximate surface area is 218 Å². The van der Waals surface area contributed by atoms with Crippen molar-refractivity contribution in [2.24, 2.45) is 5.73 Å². The van der Waals surface area contributed by atoms with Crippen LogP contribution in [-0.2, 0) is 11.3 Å². The van der Waals surface area contributed by atoms with Gasteiger partial charge in [0, 0.05) is 16.5 Å². The third kappa shape index (κ3) is 4.28. The Bertz CT molecular complexity index is 1680. The average molecular weight is 510 g/mol. The normalized spacial score (nSPS) is 13.9. The first-order valence-electron chi connectivity index (χ1n) is 12.7. The quantitative estimate of drug-likeness (QED) is 0.281. The molecule has 0 bridgehead atoms. The zero-order chi connectivity index (χ0) is 26.2. The number of nitrogens with one attached hydrogen (secondary N) is 2. The van der Waals surface area contributed by atoms with Gasteiger partial charge in [-0.25, -0.2) is 9.78 Å². The fourth-order valence-electron chi connectivity index (χ4n) is 5.14. The van der Waals surface area contributed by atoms with Crippen LogP contribution in [0.4, 0.5) is 0 Å². The summed E-state index contributed by atoms with van der Waals surface area (Å²) in [7, 11) is 0. The molecule has 0 spiro atoms. The monoisotopic (exact) mass is 509 g/mol. The predicted molar refractivity (Wildman–Crippen MR) is 143 cm³/mol. The number of hydrogen-bond acceptors (Lipinski definition) is 7. The number of aromatic amines is 2. The molecule has 5 aromatic rings. The number of primary amides is 1. The highest BCUT2D eigenvalue weighted by Gasteiger charge is 2.21. The van der Waals surface area contributed by atoms with Gasteiger partial charge in [-0.15, -0.1) is 0 Å². The van der Waals surface area contributed by atoms with Crippen molar-refractivity contribution in [2.45, 2.75) is 26.3 Å². The second kappa shape index (κ2) is 9.71. The minimum atomic E-state index is -0.683. The van der Waals surface area contributed by atoms with Crippen LogP contribution in [0.25, 0.3) is 44.3 Å². The Balaban J connectivity index is 1.37. The molecule has 0 radical (unpaired) electrons. The predicted octanol–water partition coefficient (Wildman–Crippen LogP) is 4.04. The standard InChI is InChI=1S/C28H27N7O3/c1-2-38-28(37)20-9-5-16-13-17(6-8-19(16)24(20)26(29)36)25-21-14-18(7-10-22(21)31-33-25)27-30-23(32-34-27)15-35-11-3-4-12-35/h5-10,13-14H,2-4,11-12,15H2,1H3,(H2,29,36)(H,31,33)(H,30,32,34). The number of esters is 1. The number of carbonyl (C=O) groups excluding carboxylic acids is 2. The van der Waals surface area contributed by atoms with Crippen molar-refractivity contribution in [1.82, 2.24) is 30.3 Å². The molecule has 192 valence electrons. The summed E-state index contributed by atoms with van der Waals surface area (Å²) in [5.74, 6) is 0.243. The van der Waals surface area contributed by atoms with Crippen molar-refractivity contribution in [3.63, 3.8) is 0 Å². The number of hydrogen-bond donors (Lipinski definition) is 3. The van der Waals surface area contributed by atoms with E-state index in [0.29, 0.717) is 11.2 Å². The number of benzene rings is 3. The number of aromatic nitrogens is 5. The molecule has 3 aromatic carbocycles. The zero-order valence-electron chi connectivity index (χ0n) is 21.0. The molecular formula is C28H27N7O3.